The van der Waals surface area contributed by atoms with Crippen LogP contribution in [0.15, 0.2) is 35.5 Å². The molecule has 1 aromatic carbocycles. The number of nitrogens with zero attached hydrogens (tertiary/aromatic N) is 5. The number of hydrogen-bond donors (Lipinski definition) is 0. The highest BCUT2D eigenvalue weighted by molar-refractivity contribution is 8.01. The molecule has 1 aromatic heterocycles. The summed E-state index contributed by atoms with van der Waals surface area (Å²) in [7, 11) is 3.22. The maximum absolute atomic E-state index is 12.1. The molecule has 0 aliphatic heterocycles. The van der Waals surface area contributed by atoms with E-state index in [4.69, 9.17) is 0 Å². The molecule has 7 nitrogen and oxygen atoms in total. The summed E-state index contributed by atoms with van der Waals surface area (Å²) in [6, 6.07) is 9.29. The highest BCUT2D eigenvalue weighted by Gasteiger charge is 2.28. The molecule has 0 N–H and O–H groups in total. The van der Waals surface area contributed by atoms with Gasteiger partial charge in [-0.1, -0.05) is 30.0 Å². The van der Waals surface area contributed by atoms with Crippen molar-refractivity contribution in [1.29, 1.82) is 0 Å². The van der Waals surface area contributed by atoms with Gasteiger partial charge < -0.3 is 4.90 Å². The van der Waals surface area contributed by atoms with E-state index in [0.717, 1.165) is 17.4 Å². The molecule has 1 amide bonds. The molecule has 2 aromatic rings. The van der Waals surface area contributed by atoms with Crippen molar-refractivity contribution in [2.75, 3.05) is 14.1 Å². The van der Waals surface area contributed by atoms with Gasteiger partial charge in [-0.2, -0.15) is 4.68 Å². The molecule has 0 unspecified atom stereocenters. The lowest BCUT2D eigenvalue weighted by atomic mass is 10.3. The number of thioether (sulfide) groups is 1. The zero-order valence-electron chi connectivity index (χ0n) is 11.9. The first kappa shape index (κ1) is 15.2. The van der Waals surface area contributed by atoms with Gasteiger partial charge in [-0.05, 0) is 29.5 Å². The van der Waals surface area contributed by atoms with Crippen LogP contribution in [0.2, 0.25) is 0 Å². The first-order valence-corrected chi connectivity index (χ1v) is 7.10. The van der Waals surface area contributed by atoms with Crippen molar-refractivity contribution in [3.8, 4) is 5.69 Å². The summed E-state index contributed by atoms with van der Waals surface area (Å²) in [5.74, 6) is -0.517. The van der Waals surface area contributed by atoms with Crippen LogP contribution in [0, 0.1) is 0 Å². The Morgan fingerprint density at radius 2 is 1.90 bits per heavy atom. The molecule has 0 saturated heterocycles. The Morgan fingerprint density at radius 3 is 2.48 bits per heavy atom. The van der Waals surface area contributed by atoms with Crippen molar-refractivity contribution in [2.45, 2.75) is 17.3 Å². The van der Waals surface area contributed by atoms with E-state index >= 15 is 0 Å². The molecule has 1 atom stereocenters. The summed E-state index contributed by atoms with van der Waals surface area (Å²) < 4.78 is 1.50. The van der Waals surface area contributed by atoms with Gasteiger partial charge in [-0.25, -0.2) is 0 Å². The lowest BCUT2D eigenvalue weighted by Gasteiger charge is -2.17. The van der Waals surface area contributed by atoms with Crippen LogP contribution in [-0.2, 0) is 9.59 Å². The van der Waals surface area contributed by atoms with E-state index in [9.17, 15) is 9.59 Å². The number of hydrogen-bond acceptors (Lipinski definition) is 6. The van der Waals surface area contributed by atoms with E-state index in [-0.39, 0.29) is 11.7 Å². The Kier molecular flexibility index (Phi) is 4.69. The van der Waals surface area contributed by atoms with Crippen LogP contribution in [0.5, 0.6) is 0 Å². The number of tetrazole rings is 1. The standard InChI is InChI=1S/C13H15N5O2S/c1-9(19)11(12(20)17(2)3)21-13-14-15-16-18(13)10-7-5-4-6-8-10/h4-8,11H,1-3H3/t11-/m1/s1. The topological polar surface area (TPSA) is 81.0 Å². The zero-order chi connectivity index (χ0) is 15.4. The van der Waals surface area contributed by atoms with Gasteiger partial charge >= 0.3 is 0 Å². The van der Waals surface area contributed by atoms with Crippen molar-refractivity contribution < 1.29 is 9.59 Å². The highest BCUT2D eigenvalue weighted by Crippen LogP contribution is 2.24. The van der Waals surface area contributed by atoms with E-state index in [2.05, 4.69) is 15.5 Å². The van der Waals surface area contributed by atoms with Crippen LogP contribution in [-0.4, -0.2) is 56.1 Å². The highest BCUT2D eigenvalue weighted by atomic mass is 32.2. The SMILES string of the molecule is CC(=O)[C@@H](Sc1nnnn1-c1ccccc1)C(=O)N(C)C. The van der Waals surface area contributed by atoms with E-state index in [0.29, 0.717) is 5.16 Å². The number of carbonyl (C=O) groups excluding carboxylic acids is 2. The molecule has 0 aliphatic rings. The molecule has 110 valence electrons. The monoisotopic (exact) mass is 305 g/mol. The lowest BCUT2D eigenvalue weighted by Crippen LogP contribution is -2.36. The fourth-order valence-electron chi connectivity index (χ4n) is 1.63. The number of carbonyl (C=O) groups is 2. The molecule has 0 spiro atoms. The van der Waals surface area contributed by atoms with E-state index in [1.165, 1.54) is 16.5 Å². The molecular formula is C13H15N5O2S. The van der Waals surface area contributed by atoms with Crippen LogP contribution in [0.4, 0.5) is 0 Å². The van der Waals surface area contributed by atoms with Crippen molar-refractivity contribution in [1.82, 2.24) is 25.1 Å². The summed E-state index contributed by atoms with van der Waals surface area (Å²) in [4.78, 5) is 25.2. The van der Waals surface area contributed by atoms with Crippen LogP contribution in [0.3, 0.4) is 0 Å². The second-order valence-electron chi connectivity index (χ2n) is 4.55. The Balaban J connectivity index is 2.29. The number of benzene rings is 1. The maximum Gasteiger partial charge on any atom is 0.243 e. The normalized spacial score (nSPS) is 12.0. The Morgan fingerprint density at radius 1 is 1.24 bits per heavy atom. The van der Waals surface area contributed by atoms with Crippen LogP contribution >= 0.6 is 11.8 Å². The summed E-state index contributed by atoms with van der Waals surface area (Å²) in [6.45, 7) is 1.38. The van der Waals surface area contributed by atoms with Crippen molar-refractivity contribution in [3.05, 3.63) is 30.3 Å². The summed E-state index contributed by atoms with van der Waals surface area (Å²) >= 11 is 1.05. The molecule has 0 aliphatic carbocycles. The lowest BCUT2D eigenvalue weighted by molar-refractivity contribution is -0.132. The number of rotatable bonds is 5. The number of aromatic nitrogens is 4. The second-order valence-corrected chi connectivity index (χ2v) is 5.62. The molecule has 21 heavy (non-hydrogen) atoms. The van der Waals surface area contributed by atoms with Gasteiger partial charge in [0.25, 0.3) is 0 Å². The first-order chi connectivity index (χ1) is 10.0. The minimum Gasteiger partial charge on any atom is -0.347 e. The number of para-hydroxylation sites is 1. The third-order valence-corrected chi connectivity index (χ3v) is 3.93. The molecule has 0 radical (unpaired) electrons. The largest absolute Gasteiger partial charge is 0.347 e. The second kappa shape index (κ2) is 6.49. The third-order valence-electron chi connectivity index (χ3n) is 2.70. The molecule has 8 heteroatoms. The van der Waals surface area contributed by atoms with Crippen LogP contribution < -0.4 is 0 Å². The van der Waals surface area contributed by atoms with Crippen molar-refractivity contribution in [2.24, 2.45) is 0 Å². The van der Waals surface area contributed by atoms with Gasteiger partial charge in [0, 0.05) is 14.1 Å². The molecule has 0 saturated carbocycles. The average molecular weight is 305 g/mol. The minimum absolute atomic E-state index is 0.235. The van der Waals surface area contributed by atoms with Crippen LogP contribution in [0.25, 0.3) is 5.69 Å². The predicted octanol–water partition coefficient (Wildman–Crippen LogP) is 0.800. The third kappa shape index (κ3) is 3.46. The molecule has 1 heterocycles. The van der Waals surface area contributed by atoms with Crippen molar-refractivity contribution in [3.63, 3.8) is 0 Å². The minimum atomic E-state index is -0.853. The number of amides is 1. The van der Waals surface area contributed by atoms with Gasteiger partial charge in [-0.3, -0.25) is 9.59 Å². The van der Waals surface area contributed by atoms with Gasteiger partial charge in [0.15, 0.2) is 5.78 Å². The fourth-order valence-corrected chi connectivity index (χ4v) is 2.64. The quantitative estimate of drug-likeness (QED) is 0.600. The van der Waals surface area contributed by atoms with E-state index in [1.54, 1.807) is 14.1 Å². The Hall–Kier alpha value is -2.22. The first-order valence-electron chi connectivity index (χ1n) is 6.22. The molecule has 2 rings (SSSR count). The van der Waals surface area contributed by atoms with Gasteiger partial charge in [-0.15, -0.1) is 5.10 Å². The molecule has 0 bridgehead atoms. The zero-order valence-corrected chi connectivity index (χ0v) is 12.7. The Labute approximate surface area is 126 Å². The fraction of sp³-hybridized carbons (Fsp3) is 0.308. The Bertz CT molecular complexity index is 641. The summed E-state index contributed by atoms with van der Waals surface area (Å²) in [6.07, 6.45) is 0. The summed E-state index contributed by atoms with van der Waals surface area (Å²) in [5.41, 5.74) is 0.768. The van der Waals surface area contributed by atoms with E-state index in [1.807, 2.05) is 30.3 Å². The number of Topliss-reactive ketones (excluding diaryl/α,β-unsaturated/α-hetero) is 1. The molecule has 0 fully saturated rings. The van der Waals surface area contributed by atoms with Crippen molar-refractivity contribution >= 4 is 23.5 Å². The molecular weight excluding hydrogens is 290 g/mol. The smallest absolute Gasteiger partial charge is 0.243 e. The van der Waals surface area contributed by atoms with Gasteiger partial charge in [0.05, 0.1) is 5.69 Å². The number of ketones is 1. The maximum atomic E-state index is 12.1. The van der Waals surface area contributed by atoms with E-state index < -0.39 is 5.25 Å². The summed E-state index contributed by atoms with van der Waals surface area (Å²) in [5, 5.41) is 11.0. The van der Waals surface area contributed by atoms with Crippen LogP contribution in [0.1, 0.15) is 6.92 Å². The van der Waals surface area contributed by atoms with Gasteiger partial charge in [0.1, 0.15) is 5.25 Å². The predicted molar refractivity (Wildman–Crippen MR) is 78.2 cm³/mol. The average Bonchev–Trinajstić information content (AvgIpc) is 2.92. The van der Waals surface area contributed by atoms with Gasteiger partial charge in [0.2, 0.25) is 11.1 Å².